The molecule has 0 saturated heterocycles. The average Bonchev–Trinajstić information content (AvgIpc) is 2.63. The van der Waals surface area contributed by atoms with Crippen molar-refractivity contribution in [3.63, 3.8) is 0 Å². The average molecular weight is 373 g/mol. The molecule has 0 aliphatic heterocycles. The normalized spacial score (nSPS) is 13.9. The first-order valence-corrected chi connectivity index (χ1v) is 10.3. The fourth-order valence-electron chi connectivity index (χ4n) is 3.07. The summed E-state index contributed by atoms with van der Waals surface area (Å²) in [5.74, 6) is 0.218. The molecular formula is C19H23N3O3S. The van der Waals surface area contributed by atoms with Crippen LogP contribution in [0.5, 0.6) is 0 Å². The van der Waals surface area contributed by atoms with Gasteiger partial charge in [-0.25, -0.2) is 18.1 Å². The van der Waals surface area contributed by atoms with Crippen molar-refractivity contribution in [2.24, 2.45) is 0 Å². The van der Waals surface area contributed by atoms with E-state index in [1.54, 1.807) is 24.4 Å². The van der Waals surface area contributed by atoms with Gasteiger partial charge in [0.25, 0.3) is 0 Å². The molecule has 1 aromatic carbocycles. The zero-order valence-electron chi connectivity index (χ0n) is 14.8. The molecule has 138 valence electrons. The Balaban J connectivity index is 1.57. The second kappa shape index (κ2) is 7.97. The molecule has 1 aliphatic rings. The lowest BCUT2D eigenvalue weighted by molar-refractivity contribution is -0.116. The SMILES string of the molecule is Cc1cccnc1NC(=O)CCNS(=O)(=O)c1ccc2c(c1)CCCC2. The lowest BCUT2D eigenvalue weighted by Gasteiger charge is -2.16. The van der Waals surface area contributed by atoms with E-state index in [2.05, 4.69) is 15.0 Å². The van der Waals surface area contributed by atoms with Crippen LogP contribution in [-0.2, 0) is 27.7 Å². The second-order valence-corrected chi connectivity index (χ2v) is 8.27. The molecule has 0 spiro atoms. The number of nitrogens with zero attached hydrogens (tertiary/aromatic N) is 1. The van der Waals surface area contributed by atoms with Gasteiger partial charge in [0.2, 0.25) is 15.9 Å². The van der Waals surface area contributed by atoms with Crippen LogP contribution in [-0.4, -0.2) is 25.9 Å². The minimum atomic E-state index is -3.62. The summed E-state index contributed by atoms with van der Waals surface area (Å²) in [5.41, 5.74) is 3.21. The maximum atomic E-state index is 12.5. The van der Waals surface area contributed by atoms with Crippen LogP contribution in [0.4, 0.5) is 5.82 Å². The van der Waals surface area contributed by atoms with Gasteiger partial charge in [-0.05, 0) is 67.5 Å². The number of benzene rings is 1. The van der Waals surface area contributed by atoms with Crippen LogP contribution in [0.3, 0.4) is 0 Å². The maximum absolute atomic E-state index is 12.5. The first-order chi connectivity index (χ1) is 12.5. The van der Waals surface area contributed by atoms with E-state index in [-0.39, 0.29) is 23.8 Å². The number of carbonyl (C=O) groups excluding carboxylic acids is 1. The first kappa shape index (κ1) is 18.5. The number of hydrogen-bond donors (Lipinski definition) is 2. The van der Waals surface area contributed by atoms with Gasteiger partial charge in [0.15, 0.2) is 0 Å². The maximum Gasteiger partial charge on any atom is 0.240 e. The van der Waals surface area contributed by atoms with Gasteiger partial charge in [-0.1, -0.05) is 12.1 Å². The van der Waals surface area contributed by atoms with Crippen LogP contribution in [0.2, 0.25) is 0 Å². The molecule has 0 saturated carbocycles. The fourth-order valence-corrected chi connectivity index (χ4v) is 4.15. The monoisotopic (exact) mass is 373 g/mol. The van der Waals surface area contributed by atoms with Crippen molar-refractivity contribution < 1.29 is 13.2 Å². The highest BCUT2D eigenvalue weighted by atomic mass is 32.2. The molecular weight excluding hydrogens is 350 g/mol. The number of aryl methyl sites for hydroxylation is 3. The molecule has 3 rings (SSSR count). The van der Waals surface area contributed by atoms with E-state index in [0.29, 0.717) is 5.82 Å². The molecule has 1 aliphatic carbocycles. The molecule has 2 aromatic rings. The number of rotatable bonds is 6. The molecule has 0 atom stereocenters. The van der Waals surface area contributed by atoms with E-state index in [0.717, 1.165) is 36.8 Å². The number of hydrogen-bond acceptors (Lipinski definition) is 4. The molecule has 7 heteroatoms. The Hall–Kier alpha value is -2.25. The van der Waals surface area contributed by atoms with Crippen LogP contribution in [0.25, 0.3) is 0 Å². The number of pyridine rings is 1. The van der Waals surface area contributed by atoms with Gasteiger partial charge in [0.05, 0.1) is 4.90 Å². The van der Waals surface area contributed by atoms with Crippen LogP contribution < -0.4 is 10.0 Å². The van der Waals surface area contributed by atoms with E-state index >= 15 is 0 Å². The molecule has 2 N–H and O–H groups in total. The van der Waals surface area contributed by atoms with Crippen molar-refractivity contribution in [3.05, 3.63) is 53.2 Å². The minimum absolute atomic E-state index is 0.0388. The van der Waals surface area contributed by atoms with E-state index < -0.39 is 10.0 Å². The van der Waals surface area contributed by atoms with Crippen molar-refractivity contribution in [1.29, 1.82) is 0 Å². The van der Waals surface area contributed by atoms with E-state index in [1.807, 2.05) is 19.1 Å². The smallest absolute Gasteiger partial charge is 0.240 e. The third kappa shape index (κ3) is 4.47. The summed E-state index contributed by atoms with van der Waals surface area (Å²) >= 11 is 0. The number of nitrogens with one attached hydrogen (secondary N) is 2. The van der Waals surface area contributed by atoms with E-state index in [1.165, 1.54) is 5.56 Å². The third-order valence-corrected chi connectivity index (χ3v) is 6.00. The van der Waals surface area contributed by atoms with Gasteiger partial charge >= 0.3 is 0 Å². The summed E-state index contributed by atoms with van der Waals surface area (Å²) in [6, 6.07) is 8.94. The summed E-state index contributed by atoms with van der Waals surface area (Å²) in [6.45, 7) is 1.89. The van der Waals surface area contributed by atoms with Gasteiger partial charge in [0.1, 0.15) is 5.82 Å². The summed E-state index contributed by atoms with van der Waals surface area (Å²) in [4.78, 5) is 16.3. The van der Waals surface area contributed by atoms with Crippen molar-refractivity contribution in [3.8, 4) is 0 Å². The van der Waals surface area contributed by atoms with E-state index in [9.17, 15) is 13.2 Å². The molecule has 0 radical (unpaired) electrons. The molecule has 26 heavy (non-hydrogen) atoms. The molecule has 1 heterocycles. The third-order valence-electron chi connectivity index (χ3n) is 4.54. The standard InChI is InChI=1S/C19H23N3O3S/c1-14-5-4-11-20-19(14)22-18(23)10-12-21-26(24,25)17-9-8-15-6-2-3-7-16(15)13-17/h4-5,8-9,11,13,21H,2-3,6-7,10,12H2,1H3,(H,20,22,23). The number of aromatic nitrogens is 1. The highest BCUT2D eigenvalue weighted by Crippen LogP contribution is 2.24. The van der Waals surface area contributed by atoms with Crippen LogP contribution in [0.15, 0.2) is 41.4 Å². The predicted molar refractivity (Wildman–Crippen MR) is 100 cm³/mol. The Kier molecular flexibility index (Phi) is 5.68. The molecule has 6 nitrogen and oxygen atoms in total. The molecule has 1 aromatic heterocycles. The topological polar surface area (TPSA) is 88.2 Å². The van der Waals surface area contributed by atoms with Crippen molar-refractivity contribution >= 4 is 21.7 Å². The summed E-state index contributed by atoms with van der Waals surface area (Å²) in [6.07, 6.45) is 5.82. The Morgan fingerprint density at radius 3 is 2.69 bits per heavy atom. The molecule has 1 amide bonds. The zero-order chi connectivity index (χ0) is 18.6. The Morgan fingerprint density at radius 1 is 1.15 bits per heavy atom. The second-order valence-electron chi connectivity index (χ2n) is 6.50. The van der Waals surface area contributed by atoms with Gasteiger partial charge in [0, 0.05) is 19.2 Å². The van der Waals surface area contributed by atoms with Crippen molar-refractivity contribution in [2.45, 2.75) is 43.9 Å². The zero-order valence-corrected chi connectivity index (χ0v) is 15.6. The predicted octanol–water partition coefficient (Wildman–Crippen LogP) is 2.58. The summed E-state index contributed by atoms with van der Waals surface area (Å²) in [7, 11) is -3.62. The number of carbonyl (C=O) groups is 1. The van der Waals surface area contributed by atoms with Crippen molar-refractivity contribution in [1.82, 2.24) is 9.71 Å². The Morgan fingerprint density at radius 2 is 1.92 bits per heavy atom. The molecule has 0 bridgehead atoms. The van der Waals surface area contributed by atoms with Gasteiger partial charge in [-0.3, -0.25) is 4.79 Å². The highest BCUT2D eigenvalue weighted by molar-refractivity contribution is 7.89. The first-order valence-electron chi connectivity index (χ1n) is 8.79. The highest BCUT2D eigenvalue weighted by Gasteiger charge is 2.18. The molecule has 0 unspecified atom stereocenters. The van der Waals surface area contributed by atoms with E-state index in [4.69, 9.17) is 0 Å². The minimum Gasteiger partial charge on any atom is -0.310 e. The Labute approximate surface area is 154 Å². The number of fused-ring (bicyclic) bond motifs is 1. The van der Waals surface area contributed by atoms with Crippen LogP contribution in [0, 0.1) is 6.92 Å². The fraction of sp³-hybridized carbons (Fsp3) is 0.368. The number of anilines is 1. The van der Waals surface area contributed by atoms with Crippen LogP contribution in [0.1, 0.15) is 36.0 Å². The van der Waals surface area contributed by atoms with Gasteiger partial charge in [-0.2, -0.15) is 0 Å². The van der Waals surface area contributed by atoms with Crippen molar-refractivity contribution in [2.75, 3.05) is 11.9 Å². The largest absolute Gasteiger partial charge is 0.310 e. The van der Waals surface area contributed by atoms with Gasteiger partial charge < -0.3 is 5.32 Å². The molecule has 0 fully saturated rings. The number of sulfonamides is 1. The quantitative estimate of drug-likeness (QED) is 0.815. The Bertz CT molecular complexity index is 910. The van der Waals surface area contributed by atoms with Gasteiger partial charge in [-0.15, -0.1) is 0 Å². The lowest BCUT2D eigenvalue weighted by atomic mass is 9.92. The lowest BCUT2D eigenvalue weighted by Crippen LogP contribution is -2.28. The number of amides is 1. The summed E-state index contributed by atoms with van der Waals surface area (Å²) in [5, 5.41) is 2.69. The van der Waals surface area contributed by atoms with Crippen LogP contribution >= 0.6 is 0 Å². The summed E-state index contributed by atoms with van der Waals surface area (Å²) < 4.78 is 27.4.